The van der Waals surface area contributed by atoms with Crippen molar-refractivity contribution in [1.82, 2.24) is 10.2 Å². The maximum absolute atomic E-state index is 12.1. The van der Waals surface area contributed by atoms with Crippen LogP contribution in [0.15, 0.2) is 0 Å². The lowest BCUT2D eigenvalue weighted by atomic mass is 10.0. The minimum absolute atomic E-state index is 0.0805. The van der Waals surface area contributed by atoms with Gasteiger partial charge in [0.1, 0.15) is 11.6 Å². The number of nitrogens with one attached hydrogen (secondary N) is 1. The minimum atomic E-state index is -0.527. The fraction of sp³-hybridized carbons (Fsp3) is 0.846. The van der Waals surface area contributed by atoms with Crippen LogP contribution >= 0.6 is 0 Å². The number of hydrogen-bond donors (Lipinski definition) is 1. The third kappa shape index (κ3) is 4.20. The molecule has 0 unspecified atom stereocenters. The van der Waals surface area contributed by atoms with Gasteiger partial charge in [0.25, 0.3) is 0 Å². The normalized spacial score (nSPS) is 20.4. The van der Waals surface area contributed by atoms with Crippen molar-refractivity contribution < 1.29 is 14.3 Å². The van der Waals surface area contributed by atoms with Gasteiger partial charge in [-0.2, -0.15) is 0 Å². The van der Waals surface area contributed by atoms with E-state index in [4.69, 9.17) is 4.74 Å². The lowest BCUT2D eigenvalue weighted by Gasteiger charge is -2.35. The Morgan fingerprint density at radius 1 is 1.33 bits per heavy atom. The van der Waals surface area contributed by atoms with Crippen molar-refractivity contribution in [1.29, 1.82) is 0 Å². The standard InChI is InChI=1S/C13H24N2O3/c1-5-14-11(16)10-8-6-7-9-15(10)12(17)18-13(2,3)4/h10H,5-9H2,1-4H3,(H,14,16)/t10-/m0/s1. The zero-order valence-corrected chi connectivity index (χ0v) is 11.8. The first-order valence-electron chi connectivity index (χ1n) is 6.62. The van der Waals surface area contributed by atoms with E-state index in [0.717, 1.165) is 12.8 Å². The van der Waals surface area contributed by atoms with Crippen LogP contribution in [0.4, 0.5) is 4.79 Å². The number of rotatable bonds is 2. The van der Waals surface area contributed by atoms with E-state index in [-0.39, 0.29) is 11.9 Å². The van der Waals surface area contributed by atoms with Crippen LogP contribution in [0.2, 0.25) is 0 Å². The van der Waals surface area contributed by atoms with Crippen molar-refractivity contribution in [3.63, 3.8) is 0 Å². The van der Waals surface area contributed by atoms with Crippen LogP contribution in [0.1, 0.15) is 47.0 Å². The molecule has 18 heavy (non-hydrogen) atoms. The molecule has 1 aliphatic heterocycles. The van der Waals surface area contributed by atoms with Gasteiger partial charge in [-0.15, -0.1) is 0 Å². The zero-order chi connectivity index (χ0) is 13.8. The maximum Gasteiger partial charge on any atom is 0.410 e. The second kappa shape index (κ2) is 6.07. The maximum atomic E-state index is 12.1. The monoisotopic (exact) mass is 256 g/mol. The molecule has 0 spiro atoms. The summed E-state index contributed by atoms with van der Waals surface area (Å²) >= 11 is 0. The molecule has 0 bridgehead atoms. The third-order valence-electron chi connectivity index (χ3n) is 2.78. The molecule has 1 aliphatic rings. The van der Waals surface area contributed by atoms with E-state index in [1.807, 2.05) is 27.7 Å². The predicted octanol–water partition coefficient (Wildman–Crippen LogP) is 1.91. The molecule has 0 aromatic rings. The van der Waals surface area contributed by atoms with E-state index < -0.39 is 11.7 Å². The average molecular weight is 256 g/mol. The summed E-state index contributed by atoms with van der Waals surface area (Å²) in [5, 5.41) is 2.77. The smallest absolute Gasteiger partial charge is 0.410 e. The van der Waals surface area contributed by atoms with Gasteiger partial charge in [0.2, 0.25) is 5.91 Å². The largest absolute Gasteiger partial charge is 0.444 e. The molecule has 1 saturated heterocycles. The molecule has 5 nitrogen and oxygen atoms in total. The first kappa shape index (κ1) is 14.8. The summed E-state index contributed by atoms with van der Waals surface area (Å²) in [5.74, 6) is -0.0805. The Kier molecular flexibility index (Phi) is 4.99. The number of hydrogen-bond acceptors (Lipinski definition) is 3. The summed E-state index contributed by atoms with van der Waals surface area (Å²) in [5.41, 5.74) is -0.527. The number of likely N-dealkylation sites (tertiary alicyclic amines) is 1. The highest BCUT2D eigenvalue weighted by Crippen LogP contribution is 2.20. The summed E-state index contributed by atoms with van der Waals surface area (Å²) in [6.07, 6.45) is 2.22. The molecule has 0 aromatic carbocycles. The molecule has 1 atom stereocenters. The van der Waals surface area contributed by atoms with E-state index in [1.54, 1.807) is 4.90 Å². The van der Waals surface area contributed by atoms with Gasteiger partial charge in [-0.25, -0.2) is 4.79 Å². The summed E-state index contributed by atoms with van der Waals surface area (Å²) in [4.78, 5) is 25.5. The molecular formula is C13H24N2O3. The van der Waals surface area contributed by atoms with Gasteiger partial charge in [0, 0.05) is 13.1 Å². The van der Waals surface area contributed by atoms with Crippen LogP contribution in [-0.2, 0) is 9.53 Å². The Morgan fingerprint density at radius 2 is 2.00 bits per heavy atom. The quantitative estimate of drug-likeness (QED) is 0.821. The first-order chi connectivity index (χ1) is 8.35. The molecular weight excluding hydrogens is 232 g/mol. The lowest BCUT2D eigenvalue weighted by molar-refractivity contribution is -0.127. The highest BCUT2D eigenvalue weighted by Gasteiger charge is 2.34. The molecule has 5 heteroatoms. The molecule has 2 amide bonds. The fourth-order valence-electron chi connectivity index (χ4n) is 2.04. The van der Waals surface area contributed by atoms with Gasteiger partial charge in [-0.1, -0.05) is 0 Å². The van der Waals surface area contributed by atoms with Crippen LogP contribution in [0.25, 0.3) is 0 Å². The van der Waals surface area contributed by atoms with Crippen LogP contribution < -0.4 is 5.32 Å². The van der Waals surface area contributed by atoms with Crippen molar-refractivity contribution in [2.75, 3.05) is 13.1 Å². The number of likely N-dealkylation sites (N-methyl/N-ethyl adjacent to an activating group) is 1. The van der Waals surface area contributed by atoms with Gasteiger partial charge in [0.15, 0.2) is 0 Å². The zero-order valence-electron chi connectivity index (χ0n) is 11.8. The van der Waals surface area contributed by atoms with E-state index in [2.05, 4.69) is 5.32 Å². The Bertz CT molecular complexity index is 310. The number of amides is 2. The first-order valence-corrected chi connectivity index (χ1v) is 6.62. The van der Waals surface area contributed by atoms with Crippen LogP contribution in [0, 0.1) is 0 Å². The third-order valence-corrected chi connectivity index (χ3v) is 2.78. The molecule has 1 N–H and O–H groups in total. The van der Waals surface area contributed by atoms with Crippen molar-refractivity contribution in [2.24, 2.45) is 0 Å². The number of ether oxygens (including phenoxy) is 1. The fourth-order valence-corrected chi connectivity index (χ4v) is 2.04. The Morgan fingerprint density at radius 3 is 2.56 bits per heavy atom. The van der Waals surface area contributed by atoms with E-state index in [1.165, 1.54) is 0 Å². The summed E-state index contributed by atoms with van der Waals surface area (Å²) in [6, 6.07) is -0.381. The van der Waals surface area contributed by atoms with E-state index in [0.29, 0.717) is 19.5 Å². The summed E-state index contributed by atoms with van der Waals surface area (Å²) in [6.45, 7) is 8.54. The predicted molar refractivity (Wildman–Crippen MR) is 69.3 cm³/mol. The van der Waals surface area contributed by atoms with Gasteiger partial charge in [-0.3, -0.25) is 9.69 Å². The van der Waals surface area contributed by atoms with E-state index >= 15 is 0 Å². The van der Waals surface area contributed by atoms with Gasteiger partial charge < -0.3 is 10.1 Å². The summed E-state index contributed by atoms with van der Waals surface area (Å²) < 4.78 is 5.34. The Labute approximate surface area is 109 Å². The van der Waals surface area contributed by atoms with Crippen molar-refractivity contribution >= 4 is 12.0 Å². The molecule has 0 aromatic heterocycles. The Hall–Kier alpha value is -1.26. The number of nitrogens with zero attached hydrogens (tertiary/aromatic N) is 1. The topological polar surface area (TPSA) is 58.6 Å². The Balaban J connectivity index is 2.70. The molecule has 1 rings (SSSR count). The van der Waals surface area contributed by atoms with Gasteiger partial charge >= 0.3 is 6.09 Å². The van der Waals surface area contributed by atoms with Crippen molar-refractivity contribution in [3.8, 4) is 0 Å². The van der Waals surface area contributed by atoms with Crippen molar-refractivity contribution in [3.05, 3.63) is 0 Å². The minimum Gasteiger partial charge on any atom is -0.444 e. The van der Waals surface area contributed by atoms with Crippen molar-refractivity contribution in [2.45, 2.75) is 58.6 Å². The highest BCUT2D eigenvalue weighted by atomic mass is 16.6. The van der Waals surface area contributed by atoms with Gasteiger partial charge in [0.05, 0.1) is 0 Å². The van der Waals surface area contributed by atoms with Gasteiger partial charge in [-0.05, 0) is 47.0 Å². The molecule has 104 valence electrons. The molecule has 0 radical (unpaired) electrons. The van der Waals surface area contributed by atoms with Crippen LogP contribution in [-0.4, -0.2) is 41.6 Å². The second-order valence-electron chi connectivity index (χ2n) is 5.58. The average Bonchev–Trinajstić information content (AvgIpc) is 2.27. The number of carbonyl (C=O) groups is 2. The molecule has 0 saturated carbocycles. The highest BCUT2D eigenvalue weighted by molar-refractivity contribution is 5.85. The molecule has 1 fully saturated rings. The number of piperidine rings is 1. The number of carbonyl (C=O) groups excluding carboxylic acids is 2. The SMILES string of the molecule is CCNC(=O)[C@@H]1CCCCN1C(=O)OC(C)(C)C. The second-order valence-corrected chi connectivity index (χ2v) is 5.58. The van der Waals surface area contributed by atoms with E-state index in [9.17, 15) is 9.59 Å². The summed E-state index contributed by atoms with van der Waals surface area (Å²) in [7, 11) is 0. The lowest BCUT2D eigenvalue weighted by Crippen LogP contribution is -2.53. The molecule has 0 aliphatic carbocycles. The molecule has 1 heterocycles. The van der Waals surface area contributed by atoms with Crippen LogP contribution in [0.5, 0.6) is 0 Å². The van der Waals surface area contributed by atoms with Crippen LogP contribution in [0.3, 0.4) is 0 Å².